The summed E-state index contributed by atoms with van der Waals surface area (Å²) in [6, 6.07) is 1.17. The van der Waals surface area contributed by atoms with Crippen molar-refractivity contribution in [3.05, 3.63) is 26.9 Å². The number of hydrogen-bond acceptors (Lipinski definition) is 3. The number of aromatic nitrogens is 2. The van der Waals surface area contributed by atoms with Gasteiger partial charge in [-0.05, 0) is 0 Å². The van der Waals surface area contributed by atoms with Crippen molar-refractivity contribution in [2.45, 2.75) is 0 Å². The molecule has 0 bridgehead atoms. The molecule has 0 amide bonds. The summed E-state index contributed by atoms with van der Waals surface area (Å²) >= 11 is 4.57. The van der Waals surface area contributed by atoms with E-state index in [9.17, 15) is 9.59 Å². The van der Waals surface area contributed by atoms with Crippen LogP contribution >= 0.6 is 12.2 Å². The van der Waals surface area contributed by atoms with Crippen molar-refractivity contribution in [1.82, 2.24) is 9.97 Å². The second-order valence-electron chi connectivity index (χ2n) is 1.81. The van der Waals surface area contributed by atoms with Gasteiger partial charge in [0.15, 0.2) is 0 Å². The van der Waals surface area contributed by atoms with Gasteiger partial charge in [-0.3, -0.25) is 4.98 Å². The Balaban J connectivity index is 3.42. The van der Waals surface area contributed by atoms with Crippen LogP contribution in [0.5, 0.6) is 0 Å². The molecule has 0 aliphatic carbocycles. The lowest BCUT2D eigenvalue weighted by molar-refractivity contribution is 0.0690. The topological polar surface area (TPSA) is 85.9 Å². The molecule has 0 saturated carbocycles. The molecule has 5 nitrogen and oxygen atoms in total. The Morgan fingerprint density at radius 1 is 1.55 bits per heavy atom. The Morgan fingerprint density at radius 3 is 2.64 bits per heavy atom. The highest BCUT2D eigenvalue weighted by molar-refractivity contribution is 7.71. The number of aromatic carboxylic acids is 1. The van der Waals surface area contributed by atoms with Gasteiger partial charge >= 0.3 is 11.7 Å². The molecule has 3 N–H and O–H groups in total. The second-order valence-corrected chi connectivity index (χ2v) is 2.25. The first-order valence-electron chi connectivity index (χ1n) is 2.66. The van der Waals surface area contributed by atoms with Crippen LogP contribution in [0.15, 0.2) is 10.9 Å². The zero-order chi connectivity index (χ0) is 8.43. The fraction of sp³-hybridized carbons (Fsp3) is 0. The molecule has 1 aromatic heterocycles. The van der Waals surface area contributed by atoms with Crippen LogP contribution in [-0.4, -0.2) is 21.0 Å². The van der Waals surface area contributed by atoms with Crippen molar-refractivity contribution in [3.63, 3.8) is 0 Å². The molecule has 0 radical (unpaired) electrons. The van der Waals surface area contributed by atoms with Crippen LogP contribution < -0.4 is 5.69 Å². The molecule has 0 aliphatic rings. The largest absolute Gasteiger partial charge is 0.477 e. The minimum absolute atomic E-state index is 0.103. The molecule has 0 fully saturated rings. The van der Waals surface area contributed by atoms with E-state index >= 15 is 0 Å². The maximum absolute atomic E-state index is 10.6. The standard InChI is InChI=1S/C5H4N2O3S/c8-4(9)2-1-3(11)7-5(10)6-2/h1H,(H,8,9)(H2,6,7,10,11). The highest BCUT2D eigenvalue weighted by atomic mass is 32.1. The van der Waals surface area contributed by atoms with Gasteiger partial charge < -0.3 is 10.1 Å². The zero-order valence-electron chi connectivity index (χ0n) is 5.25. The quantitative estimate of drug-likeness (QED) is 0.525. The molecule has 1 rings (SSSR count). The summed E-state index contributed by atoms with van der Waals surface area (Å²) in [5.41, 5.74) is -0.825. The molecule has 1 aromatic rings. The smallest absolute Gasteiger partial charge is 0.352 e. The highest BCUT2D eigenvalue weighted by Crippen LogP contribution is 1.88. The number of aromatic amines is 2. The first-order chi connectivity index (χ1) is 5.09. The van der Waals surface area contributed by atoms with Crippen molar-refractivity contribution in [1.29, 1.82) is 0 Å². The molecule has 58 valence electrons. The average Bonchev–Trinajstić information content (AvgIpc) is 1.85. The molecule has 0 aromatic carbocycles. The molecule has 0 atom stereocenters. The molecule has 0 aliphatic heterocycles. The molecule has 1 heterocycles. The summed E-state index contributed by atoms with van der Waals surface area (Å²) in [7, 11) is 0. The number of hydrogen-bond donors (Lipinski definition) is 3. The van der Waals surface area contributed by atoms with E-state index in [1.54, 1.807) is 0 Å². The van der Waals surface area contributed by atoms with Crippen molar-refractivity contribution in [3.8, 4) is 0 Å². The van der Waals surface area contributed by atoms with E-state index < -0.39 is 11.7 Å². The van der Waals surface area contributed by atoms with Crippen LogP contribution in [0.25, 0.3) is 0 Å². The number of rotatable bonds is 1. The van der Waals surface area contributed by atoms with Gasteiger partial charge in [0.1, 0.15) is 10.3 Å². The predicted molar refractivity (Wildman–Crippen MR) is 39.2 cm³/mol. The Bertz CT molecular complexity index is 363. The Hall–Kier alpha value is -1.43. The Morgan fingerprint density at radius 2 is 2.18 bits per heavy atom. The van der Waals surface area contributed by atoms with Crippen LogP contribution in [0.1, 0.15) is 10.5 Å². The molecule has 6 heteroatoms. The van der Waals surface area contributed by atoms with E-state index in [0.29, 0.717) is 0 Å². The Kier molecular flexibility index (Phi) is 1.86. The van der Waals surface area contributed by atoms with Gasteiger partial charge in [-0.1, -0.05) is 12.2 Å². The Labute approximate surface area is 65.7 Å². The second kappa shape index (κ2) is 2.67. The molecular weight excluding hydrogens is 168 g/mol. The summed E-state index contributed by atoms with van der Waals surface area (Å²) in [4.78, 5) is 25.1. The SMILES string of the molecule is O=C(O)c1cc(=S)[nH]c(=O)[nH]1. The monoisotopic (exact) mass is 172 g/mol. The van der Waals surface area contributed by atoms with Gasteiger partial charge in [0.25, 0.3) is 0 Å². The molecule has 0 unspecified atom stereocenters. The van der Waals surface area contributed by atoms with Crippen molar-refractivity contribution >= 4 is 18.2 Å². The summed E-state index contributed by atoms with van der Waals surface area (Å²) < 4.78 is 0.103. The van der Waals surface area contributed by atoms with E-state index in [4.69, 9.17) is 5.11 Å². The third-order valence-corrected chi connectivity index (χ3v) is 1.21. The van der Waals surface area contributed by atoms with Gasteiger partial charge in [-0.25, -0.2) is 9.59 Å². The fourth-order valence-corrected chi connectivity index (χ4v) is 0.794. The fourth-order valence-electron chi connectivity index (χ4n) is 0.584. The van der Waals surface area contributed by atoms with E-state index in [1.165, 1.54) is 6.07 Å². The van der Waals surface area contributed by atoms with Gasteiger partial charge in [0.05, 0.1) is 0 Å². The van der Waals surface area contributed by atoms with Crippen LogP contribution in [0.4, 0.5) is 0 Å². The third-order valence-electron chi connectivity index (χ3n) is 0.991. The third kappa shape index (κ3) is 1.74. The maximum atomic E-state index is 10.6. The number of carboxylic acid groups (broad SMARTS) is 1. The predicted octanol–water partition coefficient (Wildman–Crippen LogP) is 0.131. The van der Waals surface area contributed by atoms with Crippen LogP contribution in [-0.2, 0) is 0 Å². The van der Waals surface area contributed by atoms with Crippen LogP contribution in [0.2, 0.25) is 0 Å². The number of carbonyl (C=O) groups is 1. The molecule has 11 heavy (non-hydrogen) atoms. The number of H-pyrrole nitrogens is 2. The van der Waals surface area contributed by atoms with Crippen molar-refractivity contribution in [2.75, 3.05) is 0 Å². The maximum Gasteiger partial charge on any atom is 0.352 e. The minimum Gasteiger partial charge on any atom is -0.477 e. The van der Waals surface area contributed by atoms with E-state index in [1.807, 2.05) is 0 Å². The lowest BCUT2D eigenvalue weighted by atomic mass is 10.4. The number of carboxylic acids is 1. The summed E-state index contributed by atoms with van der Waals surface area (Å²) in [5.74, 6) is -1.21. The van der Waals surface area contributed by atoms with Gasteiger partial charge in [-0.15, -0.1) is 0 Å². The summed E-state index contributed by atoms with van der Waals surface area (Å²) in [5, 5.41) is 8.40. The van der Waals surface area contributed by atoms with Gasteiger partial charge in [0, 0.05) is 6.07 Å². The van der Waals surface area contributed by atoms with Crippen molar-refractivity contribution in [2.24, 2.45) is 0 Å². The van der Waals surface area contributed by atoms with Crippen molar-refractivity contribution < 1.29 is 9.90 Å². The summed E-state index contributed by atoms with van der Waals surface area (Å²) in [6.07, 6.45) is 0. The van der Waals surface area contributed by atoms with Gasteiger partial charge in [0.2, 0.25) is 0 Å². The van der Waals surface area contributed by atoms with Gasteiger partial charge in [-0.2, -0.15) is 0 Å². The lowest BCUT2D eigenvalue weighted by Crippen LogP contribution is -2.15. The highest BCUT2D eigenvalue weighted by Gasteiger charge is 2.01. The van der Waals surface area contributed by atoms with Crippen LogP contribution in [0, 0.1) is 4.64 Å². The zero-order valence-corrected chi connectivity index (χ0v) is 6.07. The van der Waals surface area contributed by atoms with E-state index in [2.05, 4.69) is 22.2 Å². The van der Waals surface area contributed by atoms with E-state index in [0.717, 1.165) is 0 Å². The lowest BCUT2D eigenvalue weighted by Gasteiger charge is -1.90. The molecular formula is C5H4N2O3S. The van der Waals surface area contributed by atoms with E-state index in [-0.39, 0.29) is 10.3 Å². The molecule has 0 saturated heterocycles. The number of nitrogens with one attached hydrogen (secondary N) is 2. The molecule has 0 spiro atoms. The normalized spacial score (nSPS) is 9.45. The minimum atomic E-state index is -1.21. The van der Waals surface area contributed by atoms with Crippen LogP contribution in [0.3, 0.4) is 0 Å². The summed E-state index contributed by atoms with van der Waals surface area (Å²) in [6.45, 7) is 0. The first-order valence-corrected chi connectivity index (χ1v) is 3.07. The first kappa shape index (κ1) is 7.67. The average molecular weight is 172 g/mol.